The van der Waals surface area contributed by atoms with Gasteiger partial charge in [0.1, 0.15) is 18.4 Å². The van der Waals surface area contributed by atoms with Crippen molar-refractivity contribution in [3.8, 4) is 16.9 Å². The summed E-state index contributed by atoms with van der Waals surface area (Å²) in [5.41, 5.74) is 14.1. The van der Waals surface area contributed by atoms with E-state index >= 15 is 0 Å². The lowest BCUT2D eigenvalue weighted by atomic mass is 9.91. The lowest BCUT2D eigenvalue weighted by Crippen LogP contribution is -2.42. The summed E-state index contributed by atoms with van der Waals surface area (Å²) in [4.78, 5) is 39.6. The number of amides is 2. The summed E-state index contributed by atoms with van der Waals surface area (Å²) in [6.07, 6.45) is 2.01. The smallest absolute Gasteiger partial charge is 0.408 e. The Kier molecular flexibility index (Phi) is 10.8. The molecule has 4 aromatic carbocycles. The number of benzene rings is 4. The van der Waals surface area contributed by atoms with Crippen molar-refractivity contribution in [2.45, 2.75) is 58.6 Å². The molecule has 5 rings (SSSR count). The number of nitrogens with two attached hydrogens (primary N) is 1. The maximum atomic E-state index is 13.4. The Bertz CT molecular complexity index is 1740. The van der Waals surface area contributed by atoms with E-state index in [1.807, 2.05) is 66.4 Å². The van der Waals surface area contributed by atoms with Crippen LogP contribution in [0.2, 0.25) is 0 Å². The third-order valence-corrected chi connectivity index (χ3v) is 8.52. The Balaban J connectivity index is 1.19. The van der Waals surface area contributed by atoms with E-state index in [9.17, 15) is 19.5 Å². The summed E-state index contributed by atoms with van der Waals surface area (Å²) in [7, 11) is 0. The van der Waals surface area contributed by atoms with Gasteiger partial charge in [0, 0.05) is 30.8 Å². The fraction of sp³-hybridized carbons (Fsp3) is 0.289. The summed E-state index contributed by atoms with van der Waals surface area (Å²) in [5.74, 6) is -0.220. The van der Waals surface area contributed by atoms with Crippen molar-refractivity contribution < 1.29 is 29.0 Å². The van der Waals surface area contributed by atoms with Gasteiger partial charge in [0.2, 0.25) is 5.91 Å². The van der Waals surface area contributed by atoms with Crippen molar-refractivity contribution in [2.24, 2.45) is 0 Å². The molecule has 9 heteroatoms. The standard InChI is InChI=1S/C38H41N3O6/c1-25-8-3-14-35(26(25)2)46-21-7-15-36(42)41-20-6-12-32-31(11-5-13-34(32)41)29-10-4-9-28(22-29)24-47-38(45)40-33(37(43)44)23-27-16-18-30(39)19-17-27/h3-5,8-11,13-14,16-19,22,33H,6-7,12,15,20-21,23-24,39H2,1-2H3,(H,40,45)(H,43,44)/t33-/m0/s1. The van der Waals surface area contributed by atoms with Gasteiger partial charge in [-0.25, -0.2) is 9.59 Å². The first-order valence-electron chi connectivity index (χ1n) is 15.9. The number of carbonyl (C=O) groups is 3. The minimum atomic E-state index is -1.16. The quantitative estimate of drug-likeness (QED) is 0.118. The molecule has 0 saturated heterocycles. The molecule has 244 valence electrons. The zero-order valence-corrected chi connectivity index (χ0v) is 26.8. The number of ether oxygens (including phenoxy) is 2. The molecule has 0 aromatic heterocycles. The first-order chi connectivity index (χ1) is 22.7. The predicted octanol–water partition coefficient (Wildman–Crippen LogP) is 6.61. The van der Waals surface area contributed by atoms with Gasteiger partial charge in [-0.15, -0.1) is 0 Å². The summed E-state index contributed by atoms with van der Waals surface area (Å²) in [5, 5.41) is 12.1. The Labute approximate surface area is 275 Å². The second-order valence-electron chi connectivity index (χ2n) is 11.9. The van der Waals surface area contributed by atoms with Crippen LogP contribution in [0.15, 0.2) is 84.9 Å². The van der Waals surface area contributed by atoms with Crippen LogP contribution in [0.4, 0.5) is 16.2 Å². The van der Waals surface area contributed by atoms with Gasteiger partial charge in [-0.2, -0.15) is 0 Å². The number of aryl methyl sites for hydroxylation is 1. The molecule has 1 aliphatic rings. The van der Waals surface area contributed by atoms with Crippen molar-refractivity contribution >= 4 is 29.3 Å². The highest BCUT2D eigenvalue weighted by atomic mass is 16.5. The average molecular weight is 636 g/mol. The number of hydrogen-bond acceptors (Lipinski definition) is 6. The third-order valence-electron chi connectivity index (χ3n) is 8.52. The Morgan fingerprint density at radius 3 is 2.51 bits per heavy atom. The van der Waals surface area contributed by atoms with Crippen molar-refractivity contribution in [1.29, 1.82) is 0 Å². The number of fused-ring (bicyclic) bond motifs is 1. The molecule has 4 N–H and O–H groups in total. The molecule has 0 saturated carbocycles. The maximum Gasteiger partial charge on any atom is 0.408 e. The van der Waals surface area contributed by atoms with Crippen LogP contribution in [-0.4, -0.2) is 42.3 Å². The monoisotopic (exact) mass is 635 g/mol. The van der Waals surface area contributed by atoms with Gasteiger partial charge in [0.25, 0.3) is 0 Å². The highest BCUT2D eigenvalue weighted by molar-refractivity contribution is 5.96. The number of nitrogen functional groups attached to an aromatic ring is 1. The molecule has 0 radical (unpaired) electrons. The summed E-state index contributed by atoms with van der Waals surface area (Å²) in [6, 6.07) is 25.4. The number of alkyl carbamates (subject to hydrolysis) is 1. The molecule has 47 heavy (non-hydrogen) atoms. The van der Waals surface area contributed by atoms with Crippen LogP contribution in [0.3, 0.4) is 0 Å². The molecule has 9 nitrogen and oxygen atoms in total. The number of nitrogens with zero attached hydrogens (tertiary/aromatic N) is 1. The van der Waals surface area contributed by atoms with Crippen LogP contribution >= 0.6 is 0 Å². The van der Waals surface area contributed by atoms with E-state index in [1.54, 1.807) is 24.3 Å². The van der Waals surface area contributed by atoms with Crippen molar-refractivity contribution in [3.05, 3.63) is 113 Å². The summed E-state index contributed by atoms with van der Waals surface area (Å²) in [6.45, 7) is 5.22. The number of hydrogen-bond donors (Lipinski definition) is 3. The molecule has 0 spiro atoms. The third kappa shape index (κ3) is 8.49. The Morgan fingerprint density at radius 2 is 1.72 bits per heavy atom. The summed E-state index contributed by atoms with van der Waals surface area (Å²) < 4.78 is 11.4. The van der Waals surface area contributed by atoms with Crippen LogP contribution in [0.5, 0.6) is 5.75 Å². The highest BCUT2D eigenvalue weighted by Gasteiger charge is 2.25. The van der Waals surface area contributed by atoms with Crippen molar-refractivity contribution in [2.75, 3.05) is 23.8 Å². The van der Waals surface area contributed by atoms with Gasteiger partial charge in [-0.1, -0.05) is 54.6 Å². The molecule has 1 aliphatic heterocycles. The number of carbonyl (C=O) groups excluding carboxylic acids is 2. The van der Waals surface area contributed by atoms with Gasteiger partial charge in [-0.05, 0) is 102 Å². The zero-order valence-electron chi connectivity index (χ0n) is 26.8. The van der Waals surface area contributed by atoms with Crippen LogP contribution in [0.1, 0.15) is 47.1 Å². The fourth-order valence-corrected chi connectivity index (χ4v) is 5.83. The number of carboxylic acids is 1. The maximum absolute atomic E-state index is 13.4. The molecule has 0 bridgehead atoms. The molecule has 0 unspecified atom stereocenters. The topological polar surface area (TPSA) is 131 Å². The highest BCUT2D eigenvalue weighted by Crippen LogP contribution is 2.36. The Hall–Kier alpha value is -5.31. The van der Waals surface area contributed by atoms with Crippen LogP contribution in [0.25, 0.3) is 11.1 Å². The van der Waals surface area contributed by atoms with E-state index in [0.29, 0.717) is 31.7 Å². The van der Waals surface area contributed by atoms with E-state index < -0.39 is 18.1 Å². The molecular formula is C38H41N3O6. The second-order valence-corrected chi connectivity index (χ2v) is 11.9. The first kappa shape index (κ1) is 33.1. The number of carboxylic acid groups (broad SMARTS) is 1. The first-order valence-corrected chi connectivity index (χ1v) is 15.9. The molecule has 4 aromatic rings. The van der Waals surface area contributed by atoms with Gasteiger partial charge < -0.3 is 30.5 Å². The van der Waals surface area contributed by atoms with E-state index in [1.165, 1.54) is 5.56 Å². The number of anilines is 2. The predicted molar refractivity (Wildman–Crippen MR) is 182 cm³/mol. The zero-order chi connectivity index (χ0) is 33.3. The average Bonchev–Trinajstić information content (AvgIpc) is 3.07. The van der Waals surface area contributed by atoms with Crippen LogP contribution < -0.4 is 20.7 Å². The lowest BCUT2D eigenvalue weighted by molar-refractivity contribution is -0.139. The van der Waals surface area contributed by atoms with E-state index in [-0.39, 0.29) is 18.9 Å². The molecule has 2 amide bonds. The number of aliphatic carboxylic acids is 1. The molecule has 1 atom stereocenters. The fourth-order valence-electron chi connectivity index (χ4n) is 5.83. The molecule has 1 heterocycles. The normalized spacial score (nSPS) is 12.9. The van der Waals surface area contributed by atoms with E-state index in [0.717, 1.165) is 57.7 Å². The van der Waals surface area contributed by atoms with Gasteiger partial charge in [0.05, 0.1) is 6.61 Å². The van der Waals surface area contributed by atoms with Crippen molar-refractivity contribution in [1.82, 2.24) is 5.32 Å². The van der Waals surface area contributed by atoms with Gasteiger partial charge in [-0.3, -0.25) is 4.79 Å². The van der Waals surface area contributed by atoms with Crippen molar-refractivity contribution in [3.63, 3.8) is 0 Å². The van der Waals surface area contributed by atoms with Crippen LogP contribution in [-0.2, 0) is 33.8 Å². The minimum Gasteiger partial charge on any atom is -0.493 e. The second kappa shape index (κ2) is 15.3. The van der Waals surface area contributed by atoms with E-state index in [4.69, 9.17) is 15.2 Å². The van der Waals surface area contributed by atoms with E-state index in [2.05, 4.69) is 18.3 Å². The number of rotatable bonds is 12. The molecule has 0 fully saturated rings. The minimum absolute atomic E-state index is 0.0301. The van der Waals surface area contributed by atoms with Gasteiger partial charge in [0.15, 0.2) is 0 Å². The summed E-state index contributed by atoms with van der Waals surface area (Å²) >= 11 is 0. The SMILES string of the molecule is Cc1cccc(OCCCC(=O)N2CCCc3c(-c4cccc(COC(=O)N[C@@H](Cc5ccc(N)cc5)C(=O)O)c4)cccc32)c1C. The number of nitrogens with one attached hydrogen (secondary N) is 1. The van der Waals surface area contributed by atoms with Gasteiger partial charge >= 0.3 is 12.1 Å². The molecular weight excluding hydrogens is 594 g/mol. The molecule has 0 aliphatic carbocycles. The van der Waals surface area contributed by atoms with Crippen LogP contribution in [0, 0.1) is 13.8 Å². The lowest BCUT2D eigenvalue weighted by Gasteiger charge is -2.31. The largest absolute Gasteiger partial charge is 0.493 e. The Morgan fingerprint density at radius 1 is 0.957 bits per heavy atom.